The van der Waals surface area contributed by atoms with E-state index in [-0.39, 0.29) is 12.1 Å². The molecule has 0 aliphatic carbocycles. The number of amides is 4. The van der Waals surface area contributed by atoms with Gasteiger partial charge in [-0.25, -0.2) is 4.79 Å². The lowest BCUT2D eigenvalue weighted by Crippen LogP contribution is -2.70. The third-order valence-corrected chi connectivity index (χ3v) is 4.99. The summed E-state index contributed by atoms with van der Waals surface area (Å²) in [5.74, 6) is -1.33. The second-order valence-electron chi connectivity index (χ2n) is 6.37. The molecule has 0 aromatic heterocycles. The number of barbiturate groups is 1. The zero-order valence-corrected chi connectivity index (χ0v) is 13.9. The van der Waals surface area contributed by atoms with Crippen molar-refractivity contribution < 1.29 is 19.3 Å². The third kappa shape index (κ3) is 2.43. The van der Waals surface area contributed by atoms with Crippen LogP contribution < -0.4 is 15.5 Å². The molecule has 132 valence electrons. The van der Waals surface area contributed by atoms with Crippen LogP contribution >= 0.6 is 0 Å². The van der Waals surface area contributed by atoms with E-state index in [9.17, 15) is 24.5 Å². The average Bonchev–Trinajstić information content (AvgIpc) is 2.55. The first-order chi connectivity index (χ1) is 11.8. The number of carbonyl (C=O) groups excluding carboxylic acids is 3. The van der Waals surface area contributed by atoms with Crippen molar-refractivity contribution in [3.8, 4) is 0 Å². The second kappa shape index (κ2) is 5.83. The maximum absolute atomic E-state index is 12.7. The molecule has 2 N–H and O–H groups in total. The van der Waals surface area contributed by atoms with Gasteiger partial charge in [-0.05, 0) is 18.1 Å². The summed E-state index contributed by atoms with van der Waals surface area (Å²) in [6.45, 7) is 1.94. The molecule has 4 amide bonds. The van der Waals surface area contributed by atoms with Gasteiger partial charge >= 0.3 is 6.03 Å². The quantitative estimate of drug-likeness (QED) is 0.480. The number of anilines is 1. The summed E-state index contributed by atoms with van der Waals surface area (Å²) in [6.07, 6.45) is 1.29. The van der Waals surface area contributed by atoms with Crippen LogP contribution in [0.25, 0.3) is 0 Å². The topological polar surface area (TPSA) is 122 Å². The van der Waals surface area contributed by atoms with Crippen LogP contribution in [0.3, 0.4) is 0 Å². The zero-order chi connectivity index (χ0) is 18.4. The van der Waals surface area contributed by atoms with E-state index >= 15 is 0 Å². The molecule has 0 radical (unpaired) electrons. The van der Waals surface area contributed by atoms with Gasteiger partial charge in [0.1, 0.15) is 0 Å². The smallest absolute Gasteiger partial charge is 0.328 e. The molecule has 0 unspecified atom stereocenters. The number of rotatable bonds is 3. The van der Waals surface area contributed by atoms with Crippen LogP contribution in [0.5, 0.6) is 0 Å². The summed E-state index contributed by atoms with van der Waals surface area (Å²) in [4.78, 5) is 49.2. The van der Waals surface area contributed by atoms with E-state index in [1.807, 2.05) is 6.92 Å². The van der Waals surface area contributed by atoms with Gasteiger partial charge in [0.25, 0.3) is 5.69 Å². The van der Waals surface area contributed by atoms with Crippen molar-refractivity contribution >= 4 is 29.2 Å². The third-order valence-electron chi connectivity index (χ3n) is 4.99. The number of nitro groups is 1. The Morgan fingerprint density at radius 3 is 2.48 bits per heavy atom. The molecule has 2 heterocycles. The van der Waals surface area contributed by atoms with Gasteiger partial charge in [0.15, 0.2) is 5.41 Å². The number of fused-ring (bicyclic) bond motifs is 1. The van der Waals surface area contributed by atoms with Crippen LogP contribution in [0, 0.1) is 15.5 Å². The maximum atomic E-state index is 12.7. The predicted octanol–water partition coefficient (Wildman–Crippen LogP) is 1.11. The SMILES string of the molecule is CCC[C@@H]1N(C)c2ccc([N+](=O)[O-])cc2CC12C(=O)NC(=O)NC2=O. The van der Waals surface area contributed by atoms with Crippen LogP contribution in [0.2, 0.25) is 0 Å². The van der Waals surface area contributed by atoms with Crippen molar-refractivity contribution in [3.05, 3.63) is 33.9 Å². The van der Waals surface area contributed by atoms with Crippen molar-refractivity contribution in [2.75, 3.05) is 11.9 Å². The molecular weight excluding hydrogens is 328 g/mol. The van der Waals surface area contributed by atoms with Gasteiger partial charge in [-0.3, -0.25) is 30.3 Å². The number of urea groups is 1. The number of carbonyl (C=O) groups is 3. The fourth-order valence-electron chi connectivity index (χ4n) is 3.83. The molecule has 0 bridgehead atoms. The number of benzene rings is 1. The Bertz CT molecular complexity index is 771. The van der Waals surface area contributed by atoms with Gasteiger partial charge in [0.05, 0.1) is 11.0 Å². The molecule has 2 aliphatic rings. The van der Waals surface area contributed by atoms with Crippen LogP contribution in [0.1, 0.15) is 25.3 Å². The van der Waals surface area contributed by atoms with E-state index < -0.39 is 34.2 Å². The molecule has 25 heavy (non-hydrogen) atoms. The highest BCUT2D eigenvalue weighted by atomic mass is 16.6. The molecule has 1 fully saturated rings. The summed E-state index contributed by atoms with van der Waals surface area (Å²) in [6, 6.07) is 3.11. The van der Waals surface area contributed by atoms with E-state index in [2.05, 4.69) is 10.6 Å². The number of nitrogens with one attached hydrogen (secondary N) is 2. The van der Waals surface area contributed by atoms with Gasteiger partial charge in [0, 0.05) is 31.3 Å². The standard InChI is InChI=1S/C16H18N4O5/c1-3-4-12-16(13(21)17-15(23)18-14(16)22)8-9-7-10(20(24)25)5-6-11(9)19(12)2/h5-7,12H,3-4,8H2,1-2H3,(H2,17,18,21,22,23)/t12-/m0/s1. The molecule has 3 rings (SSSR count). The molecule has 1 aromatic carbocycles. The Labute approximate surface area is 143 Å². The lowest BCUT2D eigenvalue weighted by atomic mass is 9.67. The molecule has 2 aliphatic heterocycles. The van der Waals surface area contributed by atoms with E-state index in [1.54, 1.807) is 18.0 Å². The number of nitro benzene ring substituents is 1. The molecule has 1 atom stereocenters. The van der Waals surface area contributed by atoms with E-state index in [4.69, 9.17) is 0 Å². The van der Waals surface area contributed by atoms with Crippen LogP contribution in [0.4, 0.5) is 16.2 Å². The fraction of sp³-hybridized carbons (Fsp3) is 0.438. The zero-order valence-electron chi connectivity index (χ0n) is 13.9. The number of imide groups is 2. The predicted molar refractivity (Wildman–Crippen MR) is 88.0 cm³/mol. The first-order valence-electron chi connectivity index (χ1n) is 7.98. The molecule has 1 aromatic rings. The largest absolute Gasteiger partial charge is 0.370 e. The lowest BCUT2D eigenvalue weighted by molar-refractivity contribution is -0.384. The normalized spacial score (nSPS) is 21.6. The summed E-state index contributed by atoms with van der Waals surface area (Å²) < 4.78 is 0. The first-order valence-corrected chi connectivity index (χ1v) is 7.98. The van der Waals surface area contributed by atoms with Crippen molar-refractivity contribution in [1.82, 2.24) is 10.6 Å². The van der Waals surface area contributed by atoms with Gasteiger partial charge in [0.2, 0.25) is 11.8 Å². The van der Waals surface area contributed by atoms with Crippen LogP contribution in [0.15, 0.2) is 18.2 Å². The first kappa shape index (κ1) is 16.9. The Kier molecular flexibility index (Phi) is 3.94. The van der Waals surface area contributed by atoms with Gasteiger partial charge in [-0.1, -0.05) is 13.3 Å². The number of nitrogens with zero attached hydrogens (tertiary/aromatic N) is 2. The molecule has 9 nitrogen and oxygen atoms in total. The molecule has 0 saturated carbocycles. The van der Waals surface area contributed by atoms with Crippen LogP contribution in [-0.4, -0.2) is 35.9 Å². The van der Waals surface area contributed by atoms with Crippen molar-refractivity contribution in [1.29, 1.82) is 0 Å². The van der Waals surface area contributed by atoms with Crippen molar-refractivity contribution in [2.24, 2.45) is 5.41 Å². The number of hydrogen-bond donors (Lipinski definition) is 2. The fourth-order valence-corrected chi connectivity index (χ4v) is 3.83. The van der Waals surface area contributed by atoms with E-state index in [0.717, 1.165) is 12.1 Å². The highest BCUT2D eigenvalue weighted by Crippen LogP contribution is 2.44. The second-order valence-corrected chi connectivity index (χ2v) is 6.37. The minimum absolute atomic E-state index is 0.00394. The molecule has 1 saturated heterocycles. The van der Waals surface area contributed by atoms with Gasteiger partial charge < -0.3 is 4.90 Å². The van der Waals surface area contributed by atoms with Gasteiger partial charge in [-0.15, -0.1) is 0 Å². The number of hydrogen-bond acceptors (Lipinski definition) is 6. The summed E-state index contributed by atoms with van der Waals surface area (Å²) in [5, 5.41) is 15.4. The Morgan fingerprint density at radius 1 is 1.28 bits per heavy atom. The van der Waals surface area contributed by atoms with Crippen LogP contribution in [-0.2, 0) is 16.0 Å². The highest BCUT2D eigenvalue weighted by molar-refractivity contribution is 6.20. The van der Waals surface area contributed by atoms with Crippen molar-refractivity contribution in [3.63, 3.8) is 0 Å². The molecule has 9 heteroatoms. The van der Waals surface area contributed by atoms with Crippen molar-refractivity contribution in [2.45, 2.75) is 32.2 Å². The Balaban J connectivity index is 2.16. The van der Waals surface area contributed by atoms with E-state index in [1.165, 1.54) is 12.1 Å². The minimum Gasteiger partial charge on any atom is -0.370 e. The molecule has 1 spiro atoms. The van der Waals surface area contributed by atoms with Gasteiger partial charge in [-0.2, -0.15) is 0 Å². The lowest BCUT2D eigenvalue weighted by Gasteiger charge is -2.49. The Morgan fingerprint density at radius 2 is 1.92 bits per heavy atom. The molecular formula is C16H18N4O5. The monoisotopic (exact) mass is 346 g/mol. The Hall–Kier alpha value is -2.97. The van der Waals surface area contributed by atoms with E-state index in [0.29, 0.717) is 12.0 Å². The summed E-state index contributed by atoms with van der Waals surface area (Å²) in [7, 11) is 1.75. The maximum Gasteiger partial charge on any atom is 0.328 e. The minimum atomic E-state index is -1.50. The summed E-state index contributed by atoms with van der Waals surface area (Å²) >= 11 is 0. The highest BCUT2D eigenvalue weighted by Gasteiger charge is 2.58. The summed E-state index contributed by atoms with van der Waals surface area (Å²) in [5.41, 5.74) is -0.333. The number of non-ortho nitro benzene ring substituents is 1. The average molecular weight is 346 g/mol.